The highest BCUT2D eigenvalue weighted by atomic mass is 127. The van der Waals surface area contributed by atoms with Crippen molar-refractivity contribution in [3.63, 3.8) is 0 Å². The van der Waals surface area contributed by atoms with E-state index in [1.165, 1.54) is 19.3 Å². The molecule has 0 spiro atoms. The average Bonchev–Trinajstić information content (AvgIpc) is 2.81. The Kier molecular flexibility index (Phi) is 7.83. The molecule has 3 rings (SSSR count). The highest BCUT2D eigenvalue weighted by Gasteiger charge is 2.12. The summed E-state index contributed by atoms with van der Waals surface area (Å²) in [7, 11) is 1.53. The van der Waals surface area contributed by atoms with Crippen LogP contribution in [0.25, 0.3) is 6.08 Å². The Morgan fingerprint density at radius 3 is 2.21 bits per heavy atom. The van der Waals surface area contributed by atoms with Crippen LogP contribution in [0, 0.1) is 3.57 Å². The molecule has 33 heavy (non-hydrogen) atoms. The van der Waals surface area contributed by atoms with Gasteiger partial charge in [0.25, 0.3) is 0 Å². The van der Waals surface area contributed by atoms with Gasteiger partial charge in [-0.05, 0) is 76.2 Å². The van der Waals surface area contributed by atoms with E-state index >= 15 is 0 Å². The third kappa shape index (κ3) is 6.19. The number of hydrogen-bond donors (Lipinski definition) is 2. The largest absolute Gasteiger partial charge is 0.493 e. The van der Waals surface area contributed by atoms with Gasteiger partial charge in [-0.3, -0.25) is 14.4 Å². The van der Waals surface area contributed by atoms with Crippen LogP contribution in [0.15, 0.2) is 66.7 Å². The number of carbonyl (C=O) groups excluding carboxylic acids is 3. The molecule has 0 bridgehead atoms. The maximum Gasteiger partial charge on any atom is 0.248 e. The van der Waals surface area contributed by atoms with Gasteiger partial charge in [-0.15, -0.1) is 0 Å². The Bertz CT molecular complexity index is 1250. The first-order chi connectivity index (χ1) is 15.8. The molecule has 0 unspecified atom stereocenters. The summed E-state index contributed by atoms with van der Waals surface area (Å²) < 4.78 is 12.2. The molecule has 3 aromatic rings. The van der Waals surface area contributed by atoms with Crippen molar-refractivity contribution in [3.8, 4) is 11.5 Å². The van der Waals surface area contributed by atoms with Crippen LogP contribution < -0.4 is 20.9 Å². The van der Waals surface area contributed by atoms with Crippen molar-refractivity contribution < 1.29 is 23.9 Å². The van der Waals surface area contributed by atoms with Crippen molar-refractivity contribution in [1.82, 2.24) is 0 Å². The average molecular weight is 556 g/mol. The van der Waals surface area contributed by atoms with Crippen molar-refractivity contribution in [1.29, 1.82) is 0 Å². The second-order valence-electron chi connectivity index (χ2n) is 7.03. The first-order valence-corrected chi connectivity index (χ1v) is 10.9. The number of benzene rings is 3. The minimum Gasteiger partial charge on any atom is -0.493 e. The van der Waals surface area contributed by atoms with Crippen LogP contribution in [-0.4, -0.2) is 24.7 Å². The molecule has 0 atom stereocenters. The summed E-state index contributed by atoms with van der Waals surface area (Å²) in [5, 5.41) is 0. The molecular formula is C25H21IN2O5. The van der Waals surface area contributed by atoms with Gasteiger partial charge in [0.05, 0.1) is 10.7 Å². The second-order valence-corrected chi connectivity index (χ2v) is 8.19. The number of halogens is 1. The number of ketones is 1. The molecule has 0 saturated heterocycles. The van der Waals surface area contributed by atoms with Crippen molar-refractivity contribution in [2.45, 2.75) is 6.61 Å². The predicted molar refractivity (Wildman–Crippen MR) is 133 cm³/mol. The van der Waals surface area contributed by atoms with Gasteiger partial charge >= 0.3 is 0 Å². The maximum absolute atomic E-state index is 12.5. The van der Waals surface area contributed by atoms with Crippen LogP contribution in [0.3, 0.4) is 0 Å². The Morgan fingerprint density at radius 2 is 1.55 bits per heavy atom. The van der Waals surface area contributed by atoms with Crippen LogP contribution in [0.4, 0.5) is 0 Å². The van der Waals surface area contributed by atoms with E-state index in [2.05, 4.69) is 22.6 Å². The first-order valence-electron chi connectivity index (χ1n) is 9.80. The van der Waals surface area contributed by atoms with E-state index in [4.69, 9.17) is 20.9 Å². The summed E-state index contributed by atoms with van der Waals surface area (Å²) in [5.41, 5.74) is 13.2. The van der Waals surface area contributed by atoms with Gasteiger partial charge in [0, 0.05) is 16.7 Å². The molecule has 0 saturated carbocycles. The van der Waals surface area contributed by atoms with E-state index in [0.29, 0.717) is 22.6 Å². The zero-order valence-electron chi connectivity index (χ0n) is 17.7. The number of amides is 2. The summed E-state index contributed by atoms with van der Waals surface area (Å²) in [6, 6.07) is 16.7. The van der Waals surface area contributed by atoms with Crippen LogP contribution in [-0.2, 0) is 6.61 Å². The lowest BCUT2D eigenvalue weighted by Crippen LogP contribution is -2.11. The quantitative estimate of drug-likeness (QED) is 0.235. The van der Waals surface area contributed by atoms with Crippen LogP contribution >= 0.6 is 22.6 Å². The van der Waals surface area contributed by atoms with E-state index in [9.17, 15) is 14.4 Å². The molecule has 0 aromatic heterocycles. The normalized spacial score (nSPS) is 10.7. The van der Waals surface area contributed by atoms with Crippen molar-refractivity contribution in [3.05, 3.63) is 98.1 Å². The van der Waals surface area contributed by atoms with Crippen LogP contribution in [0.2, 0.25) is 0 Å². The summed E-state index contributed by atoms with van der Waals surface area (Å²) in [6.07, 6.45) is 3.07. The third-order valence-corrected chi connectivity index (χ3v) is 5.51. The van der Waals surface area contributed by atoms with Gasteiger partial charge in [-0.2, -0.15) is 0 Å². The summed E-state index contributed by atoms with van der Waals surface area (Å²) in [5.74, 6) is -0.321. The number of methoxy groups -OCH3 is 1. The number of ether oxygens (including phenoxy) is 2. The molecule has 3 aromatic carbocycles. The number of hydrogen-bond acceptors (Lipinski definition) is 5. The van der Waals surface area contributed by atoms with Crippen molar-refractivity contribution in [2.75, 3.05) is 7.11 Å². The minimum atomic E-state index is -0.593. The van der Waals surface area contributed by atoms with Crippen LogP contribution in [0.1, 0.15) is 42.2 Å². The second kappa shape index (κ2) is 10.8. The summed E-state index contributed by atoms with van der Waals surface area (Å²) in [6.45, 7) is 0.220. The Labute approximate surface area is 204 Å². The van der Waals surface area contributed by atoms with Gasteiger partial charge in [0.15, 0.2) is 17.3 Å². The van der Waals surface area contributed by atoms with Gasteiger partial charge < -0.3 is 20.9 Å². The van der Waals surface area contributed by atoms with Crippen molar-refractivity contribution >= 4 is 46.3 Å². The lowest BCUT2D eigenvalue weighted by Gasteiger charge is -2.14. The molecule has 2 amide bonds. The molecule has 7 nitrogen and oxygen atoms in total. The van der Waals surface area contributed by atoms with E-state index in [1.54, 1.807) is 48.5 Å². The number of carbonyl (C=O) groups is 3. The number of primary amides is 2. The molecule has 0 heterocycles. The molecular weight excluding hydrogens is 535 g/mol. The molecule has 0 fully saturated rings. The highest BCUT2D eigenvalue weighted by Crippen LogP contribution is 2.35. The number of nitrogens with two attached hydrogens (primary N) is 2. The lowest BCUT2D eigenvalue weighted by molar-refractivity contribution is 0.0991. The minimum absolute atomic E-state index is 0.220. The fraction of sp³-hybridized carbons (Fsp3) is 0.0800. The predicted octanol–water partition coefficient (Wildman–Crippen LogP) is 3.97. The highest BCUT2D eigenvalue weighted by molar-refractivity contribution is 14.1. The Hall–Kier alpha value is -3.66. The fourth-order valence-corrected chi connectivity index (χ4v) is 3.82. The Balaban J connectivity index is 1.78. The van der Waals surface area contributed by atoms with Gasteiger partial charge in [0.2, 0.25) is 11.8 Å². The van der Waals surface area contributed by atoms with E-state index in [0.717, 1.165) is 14.7 Å². The van der Waals surface area contributed by atoms with Crippen molar-refractivity contribution in [2.24, 2.45) is 11.5 Å². The number of rotatable bonds is 9. The fourth-order valence-electron chi connectivity index (χ4n) is 3.04. The third-order valence-electron chi connectivity index (χ3n) is 4.71. The zero-order chi connectivity index (χ0) is 24.0. The smallest absolute Gasteiger partial charge is 0.248 e. The molecule has 4 N–H and O–H groups in total. The lowest BCUT2D eigenvalue weighted by atomic mass is 10.1. The standard InChI is InChI=1S/C25H21IN2O5/c1-32-22-12-15(8-9-21(29)17-5-3-7-19(13-17)25(28)31)11-20(26)23(22)33-14-16-4-2-6-18(10-16)24(27)30/h2-13H,14H2,1H3,(H2,27,30)(H2,28,31). The number of allylic oxidation sites excluding steroid dienone is 1. The Morgan fingerprint density at radius 1 is 0.909 bits per heavy atom. The molecule has 0 aliphatic carbocycles. The molecule has 0 aliphatic rings. The van der Waals surface area contributed by atoms with Gasteiger partial charge in [0.1, 0.15) is 6.61 Å². The maximum atomic E-state index is 12.5. The van der Waals surface area contributed by atoms with E-state index in [1.807, 2.05) is 12.1 Å². The first kappa shape index (κ1) is 24.0. The zero-order valence-corrected chi connectivity index (χ0v) is 19.9. The van der Waals surface area contributed by atoms with E-state index < -0.39 is 11.8 Å². The summed E-state index contributed by atoms with van der Waals surface area (Å²) in [4.78, 5) is 35.2. The molecule has 0 radical (unpaired) electrons. The molecule has 168 valence electrons. The van der Waals surface area contributed by atoms with Gasteiger partial charge in [-0.25, -0.2) is 0 Å². The molecule has 8 heteroatoms. The topological polar surface area (TPSA) is 122 Å². The monoisotopic (exact) mass is 556 g/mol. The van der Waals surface area contributed by atoms with Gasteiger partial charge in [-0.1, -0.05) is 30.3 Å². The summed E-state index contributed by atoms with van der Waals surface area (Å²) >= 11 is 2.13. The van der Waals surface area contributed by atoms with Crippen LogP contribution in [0.5, 0.6) is 11.5 Å². The SMILES string of the molecule is COc1cc(C=CC(=O)c2cccc(C(N)=O)c2)cc(I)c1OCc1cccc(C(N)=O)c1. The van der Waals surface area contributed by atoms with E-state index in [-0.39, 0.29) is 18.0 Å². The molecule has 0 aliphatic heterocycles.